The smallest absolute Gasteiger partial charge is 0.334 e. The molecule has 1 aromatic rings. The summed E-state index contributed by atoms with van der Waals surface area (Å²) in [6.45, 7) is -0.381. The van der Waals surface area contributed by atoms with Gasteiger partial charge in [-0.1, -0.05) is 12.1 Å². The van der Waals surface area contributed by atoms with Crippen LogP contribution in [0.3, 0.4) is 0 Å². The monoisotopic (exact) mass is 263 g/mol. The second-order valence-corrected chi connectivity index (χ2v) is 3.72. The van der Waals surface area contributed by atoms with Crippen LogP contribution in [0.2, 0.25) is 0 Å². The van der Waals surface area contributed by atoms with Crippen molar-refractivity contribution >= 4 is 17.7 Å². The van der Waals surface area contributed by atoms with Crippen LogP contribution in [0.1, 0.15) is 5.56 Å². The summed E-state index contributed by atoms with van der Waals surface area (Å²) in [5.74, 6) is -1.40. The van der Waals surface area contributed by atoms with E-state index in [1.54, 1.807) is 24.3 Å². The Balaban J connectivity index is 2.44. The first-order valence-corrected chi connectivity index (χ1v) is 5.44. The van der Waals surface area contributed by atoms with Gasteiger partial charge in [-0.2, -0.15) is 5.26 Å². The first kappa shape index (κ1) is 14.5. The van der Waals surface area contributed by atoms with Crippen LogP contribution in [0.5, 0.6) is 0 Å². The zero-order valence-corrected chi connectivity index (χ0v) is 9.96. The largest absolute Gasteiger partial charge is 0.479 e. The number of amides is 2. The highest BCUT2D eigenvalue weighted by Crippen LogP contribution is 2.09. The van der Waals surface area contributed by atoms with Crippen molar-refractivity contribution in [1.82, 2.24) is 5.32 Å². The molecule has 19 heavy (non-hydrogen) atoms. The number of rotatable bonds is 5. The SMILES string of the molecule is N#CCc1ccc(NC(=O)NCC(O)C(=O)O)cc1. The summed E-state index contributed by atoms with van der Waals surface area (Å²) < 4.78 is 0. The molecule has 7 nitrogen and oxygen atoms in total. The van der Waals surface area contributed by atoms with Crippen molar-refractivity contribution in [3.8, 4) is 6.07 Å². The third kappa shape index (κ3) is 5.06. The Morgan fingerprint density at radius 1 is 1.32 bits per heavy atom. The normalized spacial score (nSPS) is 11.2. The number of nitrogens with one attached hydrogen (secondary N) is 2. The van der Waals surface area contributed by atoms with E-state index in [9.17, 15) is 9.59 Å². The summed E-state index contributed by atoms with van der Waals surface area (Å²) in [6.07, 6.45) is -1.35. The predicted octanol–water partition coefficient (Wildman–Crippen LogP) is 0.320. The first-order valence-electron chi connectivity index (χ1n) is 5.44. The van der Waals surface area contributed by atoms with Crippen molar-refractivity contribution < 1.29 is 19.8 Å². The molecule has 0 aliphatic carbocycles. The van der Waals surface area contributed by atoms with E-state index in [0.717, 1.165) is 5.56 Å². The van der Waals surface area contributed by atoms with E-state index in [4.69, 9.17) is 15.5 Å². The molecule has 0 radical (unpaired) electrons. The Hall–Kier alpha value is -2.59. The van der Waals surface area contributed by atoms with Gasteiger partial charge in [0, 0.05) is 5.69 Å². The van der Waals surface area contributed by atoms with Gasteiger partial charge >= 0.3 is 12.0 Å². The second-order valence-electron chi connectivity index (χ2n) is 3.72. The van der Waals surface area contributed by atoms with Crippen LogP contribution in [-0.4, -0.2) is 34.9 Å². The second kappa shape index (κ2) is 6.98. The Labute approximate surface area is 109 Å². The maximum absolute atomic E-state index is 11.4. The molecule has 7 heteroatoms. The molecule has 1 aromatic carbocycles. The van der Waals surface area contributed by atoms with Crippen LogP contribution < -0.4 is 10.6 Å². The number of aliphatic carboxylic acids is 1. The van der Waals surface area contributed by atoms with E-state index in [1.165, 1.54) is 0 Å². The highest BCUT2D eigenvalue weighted by molar-refractivity contribution is 5.89. The molecule has 1 atom stereocenters. The zero-order chi connectivity index (χ0) is 14.3. The number of carboxylic acids is 1. The van der Waals surface area contributed by atoms with Crippen molar-refractivity contribution in [3.05, 3.63) is 29.8 Å². The molecule has 1 rings (SSSR count). The number of carbonyl (C=O) groups excluding carboxylic acids is 1. The number of aliphatic hydroxyl groups excluding tert-OH is 1. The average molecular weight is 263 g/mol. The number of nitriles is 1. The molecule has 0 aliphatic rings. The number of anilines is 1. The minimum Gasteiger partial charge on any atom is -0.479 e. The molecular formula is C12H13N3O4. The van der Waals surface area contributed by atoms with Crippen molar-refractivity contribution in [2.45, 2.75) is 12.5 Å². The van der Waals surface area contributed by atoms with E-state index >= 15 is 0 Å². The van der Waals surface area contributed by atoms with Gasteiger partial charge in [-0.3, -0.25) is 0 Å². The number of carboxylic acid groups (broad SMARTS) is 1. The van der Waals surface area contributed by atoms with Crippen molar-refractivity contribution in [2.75, 3.05) is 11.9 Å². The topological polar surface area (TPSA) is 122 Å². The van der Waals surface area contributed by atoms with Gasteiger partial charge in [0.2, 0.25) is 0 Å². The van der Waals surface area contributed by atoms with Crippen LogP contribution in [0.4, 0.5) is 10.5 Å². The molecule has 0 saturated carbocycles. The van der Waals surface area contributed by atoms with Crippen molar-refractivity contribution in [2.24, 2.45) is 0 Å². The van der Waals surface area contributed by atoms with Gasteiger partial charge in [-0.25, -0.2) is 9.59 Å². The lowest BCUT2D eigenvalue weighted by atomic mass is 10.1. The fraction of sp³-hybridized carbons (Fsp3) is 0.250. The third-order valence-electron chi connectivity index (χ3n) is 2.24. The summed E-state index contributed by atoms with van der Waals surface area (Å²) >= 11 is 0. The lowest BCUT2D eigenvalue weighted by Gasteiger charge is -2.09. The number of hydrogen-bond donors (Lipinski definition) is 4. The number of nitrogens with zero attached hydrogens (tertiary/aromatic N) is 1. The molecular weight excluding hydrogens is 250 g/mol. The maximum Gasteiger partial charge on any atom is 0.334 e. The summed E-state index contributed by atoms with van der Waals surface area (Å²) in [5, 5.41) is 30.6. The zero-order valence-electron chi connectivity index (χ0n) is 9.96. The molecule has 0 saturated heterocycles. The van der Waals surface area contributed by atoms with Gasteiger partial charge in [-0.05, 0) is 17.7 Å². The van der Waals surface area contributed by atoms with E-state index in [0.29, 0.717) is 5.69 Å². The number of urea groups is 1. The third-order valence-corrected chi connectivity index (χ3v) is 2.24. The number of hydrogen-bond acceptors (Lipinski definition) is 4. The summed E-state index contributed by atoms with van der Waals surface area (Å²) in [7, 11) is 0. The molecule has 2 amide bonds. The van der Waals surface area contributed by atoms with Gasteiger partial charge < -0.3 is 20.8 Å². The predicted molar refractivity (Wildman–Crippen MR) is 66.4 cm³/mol. The summed E-state index contributed by atoms with van der Waals surface area (Å²) in [6, 6.07) is 8.04. The molecule has 4 N–H and O–H groups in total. The van der Waals surface area contributed by atoms with E-state index in [-0.39, 0.29) is 13.0 Å². The summed E-state index contributed by atoms with van der Waals surface area (Å²) in [5.41, 5.74) is 1.33. The molecule has 0 aromatic heterocycles. The summed E-state index contributed by atoms with van der Waals surface area (Å²) in [4.78, 5) is 21.7. The van der Waals surface area contributed by atoms with Crippen LogP contribution in [0.25, 0.3) is 0 Å². The Kier molecular flexibility index (Phi) is 5.32. The highest BCUT2D eigenvalue weighted by atomic mass is 16.4. The van der Waals surface area contributed by atoms with Gasteiger partial charge in [0.1, 0.15) is 0 Å². The van der Waals surface area contributed by atoms with Crippen LogP contribution in [-0.2, 0) is 11.2 Å². The number of benzene rings is 1. The molecule has 0 aliphatic heterocycles. The molecule has 0 bridgehead atoms. The first-order chi connectivity index (χ1) is 9.02. The molecule has 1 unspecified atom stereocenters. The van der Waals surface area contributed by atoms with Gasteiger partial charge in [0.05, 0.1) is 19.0 Å². The minimum absolute atomic E-state index is 0.289. The van der Waals surface area contributed by atoms with Crippen molar-refractivity contribution in [3.63, 3.8) is 0 Å². The standard InChI is InChI=1S/C12H13N3O4/c13-6-5-8-1-3-9(4-2-8)15-12(19)14-7-10(16)11(17)18/h1-4,10,16H,5,7H2,(H,17,18)(H2,14,15,19). The van der Waals surface area contributed by atoms with E-state index < -0.39 is 18.1 Å². The van der Waals surface area contributed by atoms with Crippen LogP contribution >= 0.6 is 0 Å². The van der Waals surface area contributed by atoms with Crippen LogP contribution in [0, 0.1) is 11.3 Å². The van der Waals surface area contributed by atoms with E-state index in [1.807, 2.05) is 6.07 Å². The highest BCUT2D eigenvalue weighted by Gasteiger charge is 2.13. The van der Waals surface area contributed by atoms with Gasteiger partial charge in [-0.15, -0.1) is 0 Å². The number of carbonyl (C=O) groups is 2. The lowest BCUT2D eigenvalue weighted by molar-refractivity contribution is -0.146. The quantitative estimate of drug-likeness (QED) is 0.609. The molecule has 100 valence electrons. The minimum atomic E-state index is -1.64. The van der Waals surface area contributed by atoms with E-state index in [2.05, 4.69) is 10.6 Å². The number of aliphatic hydroxyl groups is 1. The lowest BCUT2D eigenvalue weighted by Crippen LogP contribution is -2.38. The fourth-order valence-corrected chi connectivity index (χ4v) is 1.25. The van der Waals surface area contributed by atoms with Crippen molar-refractivity contribution in [1.29, 1.82) is 5.26 Å². The van der Waals surface area contributed by atoms with Crippen LogP contribution in [0.15, 0.2) is 24.3 Å². The molecule has 0 fully saturated rings. The molecule has 0 heterocycles. The van der Waals surface area contributed by atoms with Gasteiger partial charge in [0.15, 0.2) is 6.10 Å². The maximum atomic E-state index is 11.4. The Bertz CT molecular complexity index is 493. The Morgan fingerprint density at radius 2 is 1.95 bits per heavy atom. The molecule has 0 spiro atoms. The average Bonchev–Trinajstić information content (AvgIpc) is 2.38. The van der Waals surface area contributed by atoms with Gasteiger partial charge in [0.25, 0.3) is 0 Å². The Morgan fingerprint density at radius 3 is 2.47 bits per heavy atom. The fourth-order valence-electron chi connectivity index (χ4n) is 1.25.